The molecule has 4 aromatic carbocycles. The molecule has 2 aromatic heterocycles. The summed E-state index contributed by atoms with van der Waals surface area (Å²) in [4.78, 5) is 24.1. The first-order valence-corrected chi connectivity index (χ1v) is 20.2. The highest BCUT2D eigenvalue weighted by molar-refractivity contribution is 7.15. The van der Waals surface area contributed by atoms with Gasteiger partial charge in [0.15, 0.2) is 23.0 Å². The number of carboxylic acids is 1. The highest BCUT2D eigenvalue weighted by Gasteiger charge is 2.53. The van der Waals surface area contributed by atoms with Gasteiger partial charge in [-0.2, -0.15) is 0 Å². The van der Waals surface area contributed by atoms with Crippen LogP contribution in [0.3, 0.4) is 0 Å². The molecule has 58 heavy (non-hydrogen) atoms. The number of halogens is 2. The molecule has 13 nitrogen and oxygen atoms in total. The second kappa shape index (κ2) is 17.2. The Bertz CT molecular complexity index is 2450. The summed E-state index contributed by atoms with van der Waals surface area (Å²) >= 11 is 15.0. The largest absolute Gasteiger partial charge is 0.481 e. The van der Waals surface area contributed by atoms with Crippen molar-refractivity contribution in [3.05, 3.63) is 127 Å². The van der Waals surface area contributed by atoms with Gasteiger partial charge < -0.3 is 29.8 Å². The fourth-order valence-electron chi connectivity index (χ4n) is 6.45. The second-order valence-corrected chi connectivity index (χ2v) is 16.6. The molecule has 2 saturated carbocycles. The van der Waals surface area contributed by atoms with Crippen molar-refractivity contribution in [1.29, 1.82) is 0 Å². The lowest BCUT2D eigenvalue weighted by molar-refractivity contribution is -0.140. The number of aliphatic carboxylic acids is 1. The Morgan fingerprint density at radius 1 is 0.672 bits per heavy atom. The molecular weight excluding hydrogens is 824 g/mol. The summed E-state index contributed by atoms with van der Waals surface area (Å²) in [6, 6.07) is 26.4. The molecule has 0 atom stereocenters. The molecule has 0 bridgehead atoms. The Morgan fingerprint density at radius 3 is 1.64 bits per heavy atom. The number of rotatable bonds is 9. The smallest absolute Gasteiger partial charge is 0.314 e. The standard InChI is InChI=1S/C20H16ClN3O3S.C11H10O4.C9H8ClN3S.CH4/c21-14-4-2-1-3-12(14)9-17-23-24-19(28-17)22-18(25)20(7-8-20)13-5-6-15-16(10-13)27-11-26-15;12-10(13)11(3-4-11)7-1-2-8-9(5-7)15-6-14-8;10-7-4-2-1-3-6(7)5-8-12-13-9(11)14-8;/h1-6,10H,7-9,11H2,(H,22,24,25);1-2,5H,3-4,6H2,(H,12,13);1-4H,5H2,(H2,11,13);1H4. The minimum absolute atomic E-state index is 0. The lowest BCUT2D eigenvalue weighted by Gasteiger charge is -2.14. The van der Waals surface area contributed by atoms with Crippen molar-refractivity contribution in [3.63, 3.8) is 0 Å². The number of carbonyl (C=O) groups is 2. The number of carbonyl (C=O) groups excluding carboxylic acids is 1. The molecule has 10 rings (SSSR count). The number of hydrogen-bond acceptors (Lipinski definition) is 13. The molecule has 6 aromatic rings. The minimum atomic E-state index is -0.749. The number of hydrogen-bond donors (Lipinski definition) is 3. The number of nitrogens with two attached hydrogens (primary N) is 1. The molecule has 4 N–H and O–H groups in total. The maximum atomic E-state index is 13.0. The van der Waals surface area contributed by atoms with Gasteiger partial charge in [-0.15, -0.1) is 20.4 Å². The van der Waals surface area contributed by atoms with E-state index in [1.165, 1.54) is 22.7 Å². The molecule has 2 aliphatic heterocycles. The van der Waals surface area contributed by atoms with Crippen LogP contribution in [0, 0.1) is 0 Å². The van der Waals surface area contributed by atoms with Crippen molar-refractivity contribution in [2.75, 3.05) is 24.6 Å². The first-order valence-electron chi connectivity index (χ1n) is 17.8. The number of fused-ring (bicyclic) bond motifs is 2. The van der Waals surface area contributed by atoms with Crippen LogP contribution in [-0.4, -0.2) is 51.0 Å². The third-order valence-corrected chi connectivity index (χ3v) is 12.3. The lowest BCUT2D eigenvalue weighted by atomic mass is 9.94. The van der Waals surface area contributed by atoms with Crippen LogP contribution in [0.1, 0.15) is 65.4 Å². The van der Waals surface area contributed by atoms with E-state index < -0.39 is 16.8 Å². The Morgan fingerprint density at radius 2 is 1.16 bits per heavy atom. The van der Waals surface area contributed by atoms with Gasteiger partial charge in [-0.3, -0.25) is 14.9 Å². The summed E-state index contributed by atoms with van der Waals surface area (Å²) < 4.78 is 21.2. The van der Waals surface area contributed by atoms with Crippen molar-refractivity contribution in [2.45, 2.75) is 56.8 Å². The molecule has 2 aliphatic carbocycles. The summed E-state index contributed by atoms with van der Waals surface area (Å²) in [5.41, 5.74) is 8.07. The van der Waals surface area contributed by atoms with E-state index in [0.29, 0.717) is 64.0 Å². The third kappa shape index (κ3) is 8.82. The number of ether oxygens (including phenoxy) is 4. The molecule has 4 heterocycles. The van der Waals surface area contributed by atoms with Crippen LogP contribution in [-0.2, 0) is 33.3 Å². The van der Waals surface area contributed by atoms with Crippen LogP contribution in [0.2, 0.25) is 10.0 Å². The van der Waals surface area contributed by atoms with E-state index in [4.69, 9.17) is 53.0 Å². The Labute approximate surface area is 352 Å². The first kappa shape index (κ1) is 40.7. The zero-order valence-corrected chi connectivity index (χ0v) is 33.2. The van der Waals surface area contributed by atoms with Crippen LogP contribution in [0.5, 0.6) is 23.0 Å². The number of anilines is 2. The second-order valence-electron chi connectivity index (χ2n) is 13.6. The quantitative estimate of drug-likeness (QED) is 0.126. The van der Waals surface area contributed by atoms with E-state index in [-0.39, 0.29) is 26.9 Å². The Hall–Kier alpha value is -5.48. The number of aromatic nitrogens is 4. The van der Waals surface area contributed by atoms with E-state index in [1.54, 1.807) is 12.1 Å². The maximum absolute atomic E-state index is 13.0. The molecule has 0 spiro atoms. The maximum Gasteiger partial charge on any atom is 0.314 e. The van der Waals surface area contributed by atoms with Gasteiger partial charge in [-0.05, 0) is 84.3 Å². The number of benzene rings is 4. The molecule has 1 amide bonds. The van der Waals surface area contributed by atoms with Crippen molar-refractivity contribution in [3.8, 4) is 23.0 Å². The average molecular weight is 862 g/mol. The summed E-state index contributed by atoms with van der Waals surface area (Å²) in [5.74, 6) is 1.94. The molecule has 0 radical (unpaired) electrons. The summed E-state index contributed by atoms with van der Waals surface area (Å²) in [7, 11) is 0. The average Bonchev–Trinajstić information content (AvgIpc) is 3.93. The van der Waals surface area contributed by atoms with Gasteiger partial charge >= 0.3 is 5.97 Å². The SMILES string of the molecule is C.Nc1nnc(Cc2ccccc2Cl)s1.O=C(Nc1nnc(Cc2ccccc2Cl)s1)C1(c2ccc3c(c2)OCO3)CC1.O=C(O)C1(c2ccc3c(c2)OCO3)CC1. The molecule has 4 aliphatic rings. The Kier molecular flexibility index (Phi) is 12.0. The van der Waals surface area contributed by atoms with Crippen molar-refractivity contribution >= 4 is 68.0 Å². The predicted molar refractivity (Wildman–Crippen MR) is 223 cm³/mol. The third-order valence-electron chi connectivity index (χ3n) is 9.96. The fourth-order valence-corrected chi connectivity index (χ4v) is 8.25. The van der Waals surface area contributed by atoms with Gasteiger partial charge in [0.25, 0.3) is 0 Å². The topological polar surface area (TPSA) is 181 Å². The zero-order valence-electron chi connectivity index (χ0n) is 30.1. The van der Waals surface area contributed by atoms with Crippen LogP contribution in [0.4, 0.5) is 10.3 Å². The minimum Gasteiger partial charge on any atom is -0.481 e. The molecule has 0 saturated heterocycles. The van der Waals surface area contributed by atoms with Gasteiger partial charge in [0, 0.05) is 22.9 Å². The van der Waals surface area contributed by atoms with Crippen LogP contribution >= 0.6 is 45.9 Å². The molecule has 2 fully saturated rings. The molecule has 17 heteroatoms. The first-order chi connectivity index (χ1) is 27.6. The molecule has 300 valence electrons. The molecular formula is C41H38Cl2N6O7S2. The summed E-state index contributed by atoms with van der Waals surface area (Å²) in [5, 5.41) is 32.2. The van der Waals surface area contributed by atoms with Gasteiger partial charge in [0.2, 0.25) is 29.8 Å². The number of nitrogen functional groups attached to an aromatic ring is 1. The number of nitrogens with one attached hydrogen (secondary N) is 1. The van der Waals surface area contributed by atoms with Gasteiger partial charge in [0.1, 0.15) is 10.0 Å². The van der Waals surface area contributed by atoms with E-state index >= 15 is 0 Å². The number of carboxylic acid groups (broad SMARTS) is 1. The normalized spacial score (nSPS) is 15.4. The van der Waals surface area contributed by atoms with E-state index in [9.17, 15) is 9.59 Å². The number of amides is 1. The van der Waals surface area contributed by atoms with Gasteiger partial charge in [-0.25, -0.2) is 0 Å². The van der Waals surface area contributed by atoms with E-state index in [2.05, 4.69) is 25.7 Å². The van der Waals surface area contributed by atoms with Crippen molar-refractivity contribution in [2.24, 2.45) is 0 Å². The van der Waals surface area contributed by atoms with E-state index in [0.717, 1.165) is 50.1 Å². The van der Waals surface area contributed by atoms with Crippen LogP contribution in [0.25, 0.3) is 0 Å². The predicted octanol–water partition coefficient (Wildman–Crippen LogP) is 8.71. The van der Waals surface area contributed by atoms with Crippen LogP contribution < -0.4 is 30.0 Å². The van der Waals surface area contributed by atoms with Gasteiger partial charge in [-0.1, -0.05) is 102 Å². The fraction of sp³-hybridized carbons (Fsp3) is 0.268. The molecule has 0 unspecified atom stereocenters. The summed E-state index contributed by atoms with van der Waals surface area (Å²) in [6.45, 7) is 0.440. The van der Waals surface area contributed by atoms with Crippen molar-refractivity contribution in [1.82, 2.24) is 20.4 Å². The number of nitrogens with zero attached hydrogens (tertiary/aromatic N) is 4. The highest BCUT2D eigenvalue weighted by atomic mass is 35.5. The van der Waals surface area contributed by atoms with Crippen molar-refractivity contribution < 1.29 is 33.6 Å². The van der Waals surface area contributed by atoms with E-state index in [1.807, 2.05) is 72.8 Å². The zero-order chi connectivity index (χ0) is 39.6. The highest BCUT2D eigenvalue weighted by Crippen LogP contribution is 2.52. The lowest BCUT2D eigenvalue weighted by Crippen LogP contribution is -2.27. The van der Waals surface area contributed by atoms with Crippen LogP contribution in [0.15, 0.2) is 84.9 Å². The monoisotopic (exact) mass is 860 g/mol. The summed E-state index contributed by atoms with van der Waals surface area (Å²) in [6.07, 6.45) is 4.28. The Balaban J connectivity index is 0.000000144. The van der Waals surface area contributed by atoms with Gasteiger partial charge in [0.05, 0.1) is 10.8 Å².